The first-order valence-corrected chi connectivity index (χ1v) is 7.48. The van der Waals surface area contributed by atoms with Gasteiger partial charge in [0.05, 0.1) is 17.2 Å². The van der Waals surface area contributed by atoms with Gasteiger partial charge in [-0.15, -0.1) is 11.3 Å². The Bertz CT molecular complexity index is 528. The molecule has 0 unspecified atom stereocenters. The Morgan fingerprint density at radius 3 is 2.89 bits per heavy atom. The molecule has 0 saturated carbocycles. The van der Waals surface area contributed by atoms with Crippen molar-refractivity contribution in [2.75, 3.05) is 6.54 Å². The summed E-state index contributed by atoms with van der Waals surface area (Å²) < 4.78 is 0. The zero-order valence-corrected chi connectivity index (χ0v) is 11.9. The lowest BCUT2D eigenvalue weighted by molar-refractivity contribution is -0.159. The Labute approximate surface area is 116 Å². The number of rotatable bonds is 2. The summed E-state index contributed by atoms with van der Waals surface area (Å²) in [6.07, 6.45) is 1.72. The Kier molecular flexibility index (Phi) is 3.05. The number of carbonyl (C=O) groups is 2. The third kappa shape index (κ3) is 2.04. The van der Waals surface area contributed by atoms with E-state index in [4.69, 9.17) is 0 Å². The maximum absolute atomic E-state index is 12.5. The van der Waals surface area contributed by atoms with Crippen molar-refractivity contribution in [1.29, 1.82) is 0 Å². The van der Waals surface area contributed by atoms with Crippen LogP contribution >= 0.6 is 11.3 Å². The van der Waals surface area contributed by atoms with Crippen LogP contribution in [0.15, 0.2) is 5.38 Å². The highest BCUT2D eigenvalue weighted by Crippen LogP contribution is 2.28. The lowest BCUT2D eigenvalue weighted by Gasteiger charge is -2.40. The van der Waals surface area contributed by atoms with E-state index in [-0.39, 0.29) is 23.9 Å². The van der Waals surface area contributed by atoms with Gasteiger partial charge in [-0.3, -0.25) is 9.59 Å². The number of aromatic nitrogens is 1. The van der Waals surface area contributed by atoms with Crippen LogP contribution in [0.2, 0.25) is 0 Å². The fourth-order valence-electron chi connectivity index (χ4n) is 2.91. The van der Waals surface area contributed by atoms with E-state index >= 15 is 0 Å². The minimum absolute atomic E-state index is 0.0778. The molecule has 0 bridgehead atoms. The summed E-state index contributed by atoms with van der Waals surface area (Å²) in [4.78, 5) is 32.6. The third-order valence-electron chi connectivity index (χ3n) is 3.93. The van der Waals surface area contributed by atoms with Gasteiger partial charge in [0.15, 0.2) is 0 Å². The molecule has 0 aromatic carbocycles. The highest BCUT2D eigenvalue weighted by molar-refractivity contribution is 7.09. The monoisotopic (exact) mass is 279 g/mol. The number of aryl methyl sites for hydroxylation is 1. The molecule has 19 heavy (non-hydrogen) atoms. The van der Waals surface area contributed by atoms with Gasteiger partial charge < -0.3 is 9.80 Å². The summed E-state index contributed by atoms with van der Waals surface area (Å²) >= 11 is 1.57. The second kappa shape index (κ2) is 4.59. The van der Waals surface area contributed by atoms with Crippen LogP contribution in [0.1, 0.15) is 30.5 Å². The maximum atomic E-state index is 12.5. The lowest BCUT2D eigenvalue weighted by atomic mass is 10.1. The lowest BCUT2D eigenvalue weighted by Crippen LogP contribution is -2.61. The summed E-state index contributed by atoms with van der Waals surface area (Å²) in [5, 5.41) is 2.95. The van der Waals surface area contributed by atoms with Crippen molar-refractivity contribution in [3.05, 3.63) is 16.1 Å². The molecule has 102 valence electrons. The second-order valence-corrected chi connectivity index (χ2v) is 6.25. The smallest absolute Gasteiger partial charge is 0.246 e. The maximum Gasteiger partial charge on any atom is 0.246 e. The Morgan fingerprint density at radius 2 is 2.21 bits per heavy atom. The first-order chi connectivity index (χ1) is 9.08. The van der Waals surface area contributed by atoms with Crippen LogP contribution in [0.5, 0.6) is 0 Å². The number of fused-ring (bicyclic) bond motifs is 1. The van der Waals surface area contributed by atoms with E-state index in [9.17, 15) is 9.59 Å². The SMILES string of the molecule is Cc1nc(CN2C(=O)[C@@H]3CCCN3C(=O)[C@@H]2C)cs1. The molecule has 6 heteroatoms. The van der Waals surface area contributed by atoms with Crippen LogP contribution < -0.4 is 0 Å². The summed E-state index contributed by atoms with van der Waals surface area (Å²) in [6, 6.07) is -0.604. The van der Waals surface area contributed by atoms with Crippen LogP contribution in [0.3, 0.4) is 0 Å². The molecule has 0 radical (unpaired) electrons. The van der Waals surface area contributed by atoms with E-state index in [0.29, 0.717) is 6.54 Å². The summed E-state index contributed by atoms with van der Waals surface area (Å²) in [5.74, 6) is 0.157. The second-order valence-electron chi connectivity index (χ2n) is 5.19. The Balaban J connectivity index is 1.83. The third-order valence-corrected chi connectivity index (χ3v) is 4.75. The van der Waals surface area contributed by atoms with E-state index in [1.54, 1.807) is 21.1 Å². The molecule has 0 aliphatic carbocycles. The molecule has 2 aliphatic rings. The van der Waals surface area contributed by atoms with Crippen LogP contribution in [0.25, 0.3) is 0 Å². The number of nitrogens with zero attached hydrogens (tertiary/aromatic N) is 3. The molecular formula is C13H17N3O2S. The van der Waals surface area contributed by atoms with E-state index < -0.39 is 0 Å². The molecular weight excluding hydrogens is 262 g/mol. The van der Waals surface area contributed by atoms with E-state index in [0.717, 1.165) is 30.1 Å². The molecule has 5 nitrogen and oxygen atoms in total. The molecule has 1 aromatic rings. The topological polar surface area (TPSA) is 53.5 Å². The molecule has 2 saturated heterocycles. The normalized spacial score (nSPS) is 27.1. The Hall–Kier alpha value is -1.43. The number of carbonyl (C=O) groups excluding carboxylic acids is 2. The molecule has 3 rings (SSSR count). The fraction of sp³-hybridized carbons (Fsp3) is 0.615. The van der Waals surface area contributed by atoms with Gasteiger partial charge in [0, 0.05) is 11.9 Å². The zero-order valence-electron chi connectivity index (χ0n) is 11.1. The molecule has 3 heterocycles. The molecule has 2 aliphatic heterocycles. The summed E-state index contributed by atoms with van der Waals surface area (Å²) in [7, 11) is 0. The van der Waals surface area contributed by atoms with E-state index in [2.05, 4.69) is 4.98 Å². The van der Waals surface area contributed by atoms with Crippen molar-refractivity contribution in [2.45, 2.75) is 45.3 Å². The number of hydrogen-bond acceptors (Lipinski definition) is 4. The predicted molar refractivity (Wildman–Crippen MR) is 71.6 cm³/mol. The van der Waals surface area contributed by atoms with Crippen molar-refractivity contribution in [1.82, 2.24) is 14.8 Å². The summed E-state index contributed by atoms with van der Waals surface area (Å²) in [6.45, 7) is 4.93. The van der Waals surface area contributed by atoms with Crippen molar-refractivity contribution < 1.29 is 9.59 Å². The highest BCUT2D eigenvalue weighted by atomic mass is 32.1. The van der Waals surface area contributed by atoms with Gasteiger partial charge in [-0.2, -0.15) is 0 Å². The standard InChI is InChI=1S/C13H17N3O2S/c1-8-12(17)15-5-3-4-11(15)13(18)16(8)6-10-7-19-9(2)14-10/h7-8,11H,3-6H2,1-2H3/t8-,11-/m0/s1. The van der Waals surface area contributed by atoms with Gasteiger partial charge in [-0.05, 0) is 26.7 Å². The largest absolute Gasteiger partial charge is 0.329 e. The van der Waals surface area contributed by atoms with Gasteiger partial charge >= 0.3 is 0 Å². The van der Waals surface area contributed by atoms with Gasteiger partial charge in [0.25, 0.3) is 0 Å². The number of amides is 2. The van der Waals surface area contributed by atoms with Crippen LogP contribution in [-0.2, 0) is 16.1 Å². The highest BCUT2D eigenvalue weighted by Gasteiger charge is 2.45. The van der Waals surface area contributed by atoms with E-state index in [1.165, 1.54) is 0 Å². The minimum Gasteiger partial charge on any atom is -0.329 e. The van der Waals surface area contributed by atoms with Crippen LogP contribution in [-0.4, -0.2) is 45.2 Å². The fourth-order valence-corrected chi connectivity index (χ4v) is 3.52. The van der Waals surface area contributed by atoms with Crippen molar-refractivity contribution in [3.63, 3.8) is 0 Å². The van der Waals surface area contributed by atoms with Gasteiger partial charge in [-0.1, -0.05) is 0 Å². The molecule has 2 atom stereocenters. The molecule has 2 amide bonds. The average molecular weight is 279 g/mol. The van der Waals surface area contributed by atoms with Gasteiger partial charge in [-0.25, -0.2) is 4.98 Å². The average Bonchev–Trinajstić information content (AvgIpc) is 3.01. The molecule has 1 aromatic heterocycles. The van der Waals surface area contributed by atoms with Crippen LogP contribution in [0, 0.1) is 6.92 Å². The number of thiazole rings is 1. The van der Waals surface area contributed by atoms with Gasteiger partial charge in [0.1, 0.15) is 12.1 Å². The summed E-state index contributed by atoms with van der Waals surface area (Å²) in [5.41, 5.74) is 0.877. The van der Waals surface area contributed by atoms with Crippen molar-refractivity contribution >= 4 is 23.2 Å². The Morgan fingerprint density at radius 1 is 1.42 bits per heavy atom. The first-order valence-electron chi connectivity index (χ1n) is 6.60. The van der Waals surface area contributed by atoms with Gasteiger partial charge in [0.2, 0.25) is 11.8 Å². The number of piperazine rings is 1. The first kappa shape index (κ1) is 12.6. The molecule has 2 fully saturated rings. The zero-order chi connectivity index (χ0) is 13.6. The van der Waals surface area contributed by atoms with E-state index in [1.807, 2.05) is 19.2 Å². The minimum atomic E-state index is -0.371. The predicted octanol–water partition coefficient (Wildman–Crippen LogP) is 1.17. The van der Waals surface area contributed by atoms with Crippen molar-refractivity contribution in [3.8, 4) is 0 Å². The van der Waals surface area contributed by atoms with Crippen molar-refractivity contribution in [2.24, 2.45) is 0 Å². The quantitative estimate of drug-likeness (QED) is 0.816. The van der Waals surface area contributed by atoms with Crippen LogP contribution in [0.4, 0.5) is 0 Å². The molecule has 0 spiro atoms. The number of hydrogen-bond donors (Lipinski definition) is 0. The molecule has 0 N–H and O–H groups in total.